The Kier molecular flexibility index (Phi) is 19.0. The van der Waals surface area contributed by atoms with Crippen LogP contribution in [0.15, 0.2) is 60.7 Å². The predicted molar refractivity (Wildman–Crippen MR) is 250 cm³/mol. The zero-order chi connectivity index (χ0) is 49.7. The summed E-state index contributed by atoms with van der Waals surface area (Å²) in [7, 11) is 0. The molecule has 0 bridgehead atoms. The van der Waals surface area contributed by atoms with Crippen molar-refractivity contribution in [3.05, 3.63) is 71.8 Å². The third kappa shape index (κ3) is 17.0. The summed E-state index contributed by atoms with van der Waals surface area (Å²) in [5.41, 5.74) is -1.45. The highest BCUT2D eigenvalue weighted by molar-refractivity contribution is 5.95. The minimum atomic E-state index is -3.22. The standard InChI is InChI=1S/C51H73F2N5O9/c1-34(2)26-40(55-44(62)39(27-36-18-12-10-13-19-36)30-43(61)41(28-37-20-14-11-15-21-37)56-47(65)67-49(7,8)9)42(60)29-38(22-16-17-24-54-46(64)66-48(4,5)6)45(63)58-31-50(32-58)23-25-57(35(3)59)33-51(50,52)53/h10-15,18-21,34,38-41H,16-17,22-33H2,1-9H3,(H,54,64)(H,55,62)(H,56,65)/t38-,39-,40+,41+/m0/s1. The second kappa shape index (κ2) is 23.5. The first kappa shape index (κ1) is 54.2. The van der Waals surface area contributed by atoms with Crippen LogP contribution >= 0.6 is 0 Å². The molecular weight excluding hydrogens is 865 g/mol. The van der Waals surface area contributed by atoms with E-state index in [4.69, 9.17) is 9.47 Å². The Balaban J connectivity index is 1.55. The average molecular weight is 938 g/mol. The van der Waals surface area contributed by atoms with Gasteiger partial charge in [0.25, 0.3) is 5.92 Å². The van der Waals surface area contributed by atoms with Gasteiger partial charge in [-0.1, -0.05) is 80.9 Å². The number of nitrogens with zero attached hydrogens (tertiary/aromatic N) is 2. The number of ketones is 2. The number of hydrogen-bond donors (Lipinski definition) is 3. The van der Waals surface area contributed by atoms with E-state index in [9.17, 15) is 33.6 Å². The van der Waals surface area contributed by atoms with E-state index < -0.39 is 94.5 Å². The Hall–Kier alpha value is -5.41. The van der Waals surface area contributed by atoms with Crippen molar-refractivity contribution in [1.29, 1.82) is 0 Å². The molecule has 0 unspecified atom stereocenters. The molecule has 2 heterocycles. The smallest absolute Gasteiger partial charge is 0.408 e. The van der Waals surface area contributed by atoms with Crippen molar-refractivity contribution in [3.8, 4) is 0 Å². The van der Waals surface area contributed by atoms with Crippen LogP contribution in [0.3, 0.4) is 0 Å². The van der Waals surface area contributed by atoms with Crippen molar-refractivity contribution >= 4 is 41.5 Å². The fourth-order valence-corrected chi connectivity index (χ4v) is 8.61. The van der Waals surface area contributed by atoms with Crippen LogP contribution in [-0.2, 0) is 46.3 Å². The molecule has 2 aliphatic rings. The van der Waals surface area contributed by atoms with Gasteiger partial charge in [0.1, 0.15) is 11.2 Å². The lowest BCUT2D eigenvalue weighted by Crippen LogP contribution is -2.71. The molecule has 14 nitrogen and oxygen atoms in total. The van der Waals surface area contributed by atoms with Gasteiger partial charge in [0.05, 0.1) is 24.0 Å². The summed E-state index contributed by atoms with van der Waals surface area (Å²) >= 11 is 0. The maximum Gasteiger partial charge on any atom is 0.408 e. The number of carbonyl (C=O) groups is 7. The number of piperidine rings is 1. The number of benzene rings is 2. The van der Waals surface area contributed by atoms with E-state index >= 15 is 8.78 Å². The number of alkyl carbamates (subject to hydrolysis) is 2. The lowest BCUT2D eigenvalue weighted by atomic mass is 9.68. The molecule has 67 heavy (non-hydrogen) atoms. The number of nitrogens with one attached hydrogen (secondary N) is 3. The van der Waals surface area contributed by atoms with Crippen LogP contribution in [0.25, 0.3) is 0 Å². The molecule has 16 heteroatoms. The lowest BCUT2D eigenvalue weighted by molar-refractivity contribution is -0.225. The maximum absolute atomic E-state index is 15.6. The summed E-state index contributed by atoms with van der Waals surface area (Å²) in [5.74, 6) is -7.44. The molecule has 4 atom stereocenters. The van der Waals surface area contributed by atoms with E-state index in [0.717, 1.165) is 16.0 Å². The first-order chi connectivity index (χ1) is 31.3. The third-order valence-electron chi connectivity index (χ3n) is 12.1. The second-order valence-electron chi connectivity index (χ2n) is 20.8. The predicted octanol–water partition coefficient (Wildman–Crippen LogP) is 7.46. The molecule has 370 valence electrons. The summed E-state index contributed by atoms with van der Waals surface area (Å²) in [6, 6.07) is 16.2. The Morgan fingerprint density at radius 2 is 1.22 bits per heavy atom. The highest BCUT2D eigenvalue weighted by Crippen LogP contribution is 2.50. The summed E-state index contributed by atoms with van der Waals surface area (Å²) in [6.45, 7) is 14.6. The number of ether oxygens (including phenoxy) is 2. The van der Waals surface area contributed by atoms with E-state index in [-0.39, 0.29) is 77.0 Å². The van der Waals surface area contributed by atoms with Crippen LogP contribution in [0.2, 0.25) is 0 Å². The number of unbranched alkanes of at least 4 members (excludes halogenated alkanes) is 1. The summed E-state index contributed by atoms with van der Waals surface area (Å²) in [5, 5.41) is 8.36. The Bertz CT molecular complexity index is 2010. The van der Waals surface area contributed by atoms with Gasteiger partial charge in [-0.2, -0.15) is 0 Å². The second-order valence-corrected chi connectivity index (χ2v) is 20.8. The van der Waals surface area contributed by atoms with E-state index in [2.05, 4.69) is 16.0 Å². The monoisotopic (exact) mass is 938 g/mol. The summed E-state index contributed by atoms with van der Waals surface area (Å²) in [6.07, 6.45) is -0.332. The Labute approximate surface area is 395 Å². The molecule has 2 fully saturated rings. The first-order valence-corrected chi connectivity index (χ1v) is 23.6. The van der Waals surface area contributed by atoms with Gasteiger partial charge < -0.3 is 35.2 Å². The molecule has 2 saturated heterocycles. The van der Waals surface area contributed by atoms with Crippen molar-refractivity contribution in [2.24, 2.45) is 23.2 Å². The summed E-state index contributed by atoms with van der Waals surface area (Å²) in [4.78, 5) is 97.2. The van der Waals surface area contributed by atoms with Gasteiger partial charge in [0.2, 0.25) is 17.7 Å². The minimum Gasteiger partial charge on any atom is -0.444 e. The fourth-order valence-electron chi connectivity index (χ4n) is 8.61. The number of amides is 5. The number of Topliss-reactive ketones (excluding diaryl/α,β-unsaturated/α-hetero) is 2. The SMILES string of the molecule is CC(=O)N1CCC2(CN(C(=O)[C@@H](CCCCNC(=O)OC(C)(C)C)CC(=O)[C@@H](CC(C)C)NC(=O)[C@H](CC(=O)[C@@H](Cc3ccccc3)NC(=O)OC(C)(C)C)Cc3ccccc3)C2)C(F)(F)C1. The van der Waals surface area contributed by atoms with Crippen LogP contribution in [0, 0.1) is 23.2 Å². The lowest BCUT2D eigenvalue weighted by Gasteiger charge is -2.57. The number of carbonyl (C=O) groups excluding carboxylic acids is 7. The molecule has 4 rings (SSSR count). The number of rotatable bonds is 21. The number of alkyl halides is 2. The average Bonchev–Trinajstić information content (AvgIpc) is 3.20. The van der Waals surface area contributed by atoms with Crippen molar-refractivity contribution < 1.29 is 51.8 Å². The topological polar surface area (TPSA) is 181 Å². The first-order valence-electron chi connectivity index (χ1n) is 23.6. The highest BCUT2D eigenvalue weighted by atomic mass is 19.3. The van der Waals surface area contributed by atoms with Crippen molar-refractivity contribution in [2.45, 2.75) is 149 Å². The van der Waals surface area contributed by atoms with Crippen molar-refractivity contribution in [2.75, 3.05) is 32.7 Å². The van der Waals surface area contributed by atoms with Gasteiger partial charge in [-0.25, -0.2) is 18.4 Å². The number of halogens is 2. The normalized spacial score (nSPS) is 17.3. The van der Waals surface area contributed by atoms with Crippen LogP contribution in [0.1, 0.15) is 118 Å². The van der Waals surface area contributed by atoms with E-state index in [1.165, 1.54) is 11.8 Å². The molecule has 0 radical (unpaired) electrons. The molecule has 2 aromatic rings. The van der Waals surface area contributed by atoms with Gasteiger partial charge >= 0.3 is 12.2 Å². The molecule has 0 saturated carbocycles. The molecule has 1 spiro atoms. The fraction of sp³-hybridized carbons (Fsp3) is 0.627. The number of hydrogen-bond acceptors (Lipinski definition) is 9. The van der Waals surface area contributed by atoms with Crippen LogP contribution in [0.4, 0.5) is 18.4 Å². The highest BCUT2D eigenvalue weighted by Gasteiger charge is 2.64. The molecule has 0 aromatic heterocycles. The van der Waals surface area contributed by atoms with Crippen molar-refractivity contribution in [3.63, 3.8) is 0 Å². The molecule has 3 N–H and O–H groups in total. The van der Waals surface area contributed by atoms with E-state index in [0.29, 0.717) is 12.8 Å². The van der Waals surface area contributed by atoms with Crippen LogP contribution in [-0.4, -0.2) is 113 Å². The zero-order valence-corrected chi connectivity index (χ0v) is 40.9. The summed E-state index contributed by atoms with van der Waals surface area (Å²) < 4.78 is 42.0. The van der Waals surface area contributed by atoms with Crippen LogP contribution < -0.4 is 16.0 Å². The van der Waals surface area contributed by atoms with Gasteiger partial charge in [-0.15, -0.1) is 0 Å². The largest absolute Gasteiger partial charge is 0.444 e. The van der Waals surface area contributed by atoms with E-state index in [1.807, 2.05) is 74.5 Å². The molecule has 2 aliphatic heterocycles. The van der Waals surface area contributed by atoms with Gasteiger partial charge in [-0.3, -0.25) is 24.0 Å². The number of likely N-dealkylation sites (tertiary alicyclic amines) is 2. The molecule has 2 aromatic carbocycles. The van der Waals surface area contributed by atoms with Gasteiger partial charge in [0, 0.05) is 57.8 Å². The Morgan fingerprint density at radius 3 is 1.76 bits per heavy atom. The van der Waals surface area contributed by atoms with Gasteiger partial charge in [-0.05, 0) is 97.1 Å². The quantitative estimate of drug-likeness (QED) is 0.107. The molecule has 0 aliphatic carbocycles. The van der Waals surface area contributed by atoms with Gasteiger partial charge in [0.15, 0.2) is 11.6 Å². The van der Waals surface area contributed by atoms with E-state index in [1.54, 1.807) is 41.5 Å². The minimum absolute atomic E-state index is 0.0303. The molecule has 5 amide bonds. The van der Waals surface area contributed by atoms with Crippen molar-refractivity contribution in [1.82, 2.24) is 25.8 Å². The van der Waals surface area contributed by atoms with Crippen LogP contribution in [0.5, 0.6) is 0 Å². The maximum atomic E-state index is 15.6. The zero-order valence-electron chi connectivity index (χ0n) is 40.9. The third-order valence-corrected chi connectivity index (χ3v) is 12.1. The molecular formula is C51H73F2N5O9. The Morgan fingerprint density at radius 1 is 0.687 bits per heavy atom.